The number of fused-ring (bicyclic) bond motifs is 1. The first-order valence-electron chi connectivity index (χ1n) is 7.14. The summed E-state index contributed by atoms with van der Waals surface area (Å²) < 4.78 is 24.0. The fourth-order valence-electron chi connectivity index (χ4n) is 2.49. The van der Waals surface area contributed by atoms with Crippen molar-refractivity contribution in [2.24, 2.45) is 0 Å². The molecule has 0 saturated heterocycles. The number of ether oxygens (including phenoxy) is 1. The highest BCUT2D eigenvalue weighted by Crippen LogP contribution is 2.29. The minimum absolute atomic E-state index is 0.233. The summed E-state index contributed by atoms with van der Waals surface area (Å²) in [5.74, 6) is 0.222. The number of carbonyl (C=O) groups excluding carboxylic acids is 1. The minimum Gasteiger partial charge on any atom is -0.497 e. The second-order valence-corrected chi connectivity index (χ2v) is 5.33. The Hall–Kier alpha value is -2.82. The summed E-state index contributed by atoms with van der Waals surface area (Å²) in [4.78, 5) is 12.5. The number of hydrogen-bond donors (Lipinski definition) is 1. The first-order valence-corrected chi connectivity index (χ1v) is 7.14. The molecule has 0 spiro atoms. The van der Waals surface area contributed by atoms with Gasteiger partial charge in [0.1, 0.15) is 17.1 Å². The highest BCUT2D eigenvalue weighted by Gasteiger charge is 2.18. The zero-order valence-electron chi connectivity index (χ0n) is 13.1. The van der Waals surface area contributed by atoms with E-state index in [1.807, 2.05) is 13.0 Å². The molecule has 0 bridgehead atoms. The Morgan fingerprint density at radius 2 is 1.96 bits per heavy atom. The van der Waals surface area contributed by atoms with Gasteiger partial charge in [-0.3, -0.25) is 4.79 Å². The molecule has 1 amide bonds. The number of benzene rings is 2. The van der Waals surface area contributed by atoms with Gasteiger partial charge >= 0.3 is 0 Å². The SMILES string of the molecule is COc1ccc2oc(C(=O)Nc3ccc(F)cc3C)c(C)c2c1. The fraction of sp³-hybridized carbons (Fsp3) is 0.167. The minimum atomic E-state index is -0.368. The van der Waals surface area contributed by atoms with Crippen molar-refractivity contribution in [3.63, 3.8) is 0 Å². The van der Waals surface area contributed by atoms with E-state index in [0.717, 1.165) is 10.9 Å². The predicted octanol–water partition coefficient (Wildman–Crippen LogP) is 4.45. The molecular weight excluding hydrogens is 297 g/mol. The van der Waals surface area contributed by atoms with E-state index in [0.29, 0.717) is 22.6 Å². The number of aryl methyl sites for hydroxylation is 2. The van der Waals surface area contributed by atoms with Crippen molar-refractivity contribution < 1.29 is 18.3 Å². The van der Waals surface area contributed by atoms with E-state index in [1.54, 1.807) is 26.2 Å². The van der Waals surface area contributed by atoms with Crippen molar-refractivity contribution >= 4 is 22.6 Å². The van der Waals surface area contributed by atoms with E-state index in [1.165, 1.54) is 18.2 Å². The lowest BCUT2D eigenvalue weighted by molar-refractivity contribution is 0.0998. The lowest BCUT2D eigenvalue weighted by atomic mass is 10.1. The summed E-state index contributed by atoms with van der Waals surface area (Å²) in [6.45, 7) is 3.55. The van der Waals surface area contributed by atoms with Crippen LogP contribution < -0.4 is 10.1 Å². The van der Waals surface area contributed by atoms with Crippen molar-refractivity contribution in [2.45, 2.75) is 13.8 Å². The van der Waals surface area contributed by atoms with Crippen LogP contribution in [0.15, 0.2) is 40.8 Å². The molecule has 1 N–H and O–H groups in total. The number of amides is 1. The summed E-state index contributed by atoms with van der Waals surface area (Å²) >= 11 is 0. The molecule has 1 heterocycles. The molecule has 4 nitrogen and oxygen atoms in total. The zero-order chi connectivity index (χ0) is 16.6. The van der Waals surface area contributed by atoms with E-state index in [-0.39, 0.29) is 17.5 Å². The molecule has 0 saturated carbocycles. The number of furan rings is 1. The Morgan fingerprint density at radius 3 is 2.65 bits per heavy atom. The van der Waals surface area contributed by atoms with Gasteiger partial charge < -0.3 is 14.5 Å². The first-order chi connectivity index (χ1) is 11.0. The zero-order valence-corrected chi connectivity index (χ0v) is 13.1. The van der Waals surface area contributed by atoms with Gasteiger partial charge in [-0.1, -0.05) is 0 Å². The van der Waals surface area contributed by atoms with Gasteiger partial charge in [0.2, 0.25) is 0 Å². The van der Waals surface area contributed by atoms with E-state index in [4.69, 9.17) is 9.15 Å². The summed E-state index contributed by atoms with van der Waals surface area (Å²) in [5, 5.41) is 3.58. The molecule has 118 valence electrons. The van der Waals surface area contributed by atoms with Gasteiger partial charge in [-0.15, -0.1) is 0 Å². The Kier molecular flexibility index (Phi) is 3.78. The van der Waals surface area contributed by atoms with Gasteiger partial charge in [0.05, 0.1) is 7.11 Å². The molecule has 23 heavy (non-hydrogen) atoms. The van der Waals surface area contributed by atoms with Crippen LogP contribution in [0.3, 0.4) is 0 Å². The third-order valence-corrected chi connectivity index (χ3v) is 3.79. The average Bonchev–Trinajstić information content (AvgIpc) is 2.86. The maximum atomic E-state index is 13.1. The third kappa shape index (κ3) is 2.77. The highest BCUT2D eigenvalue weighted by atomic mass is 19.1. The van der Waals surface area contributed by atoms with E-state index in [2.05, 4.69) is 5.32 Å². The van der Waals surface area contributed by atoms with Gasteiger partial charge in [-0.05, 0) is 55.8 Å². The first kappa shape index (κ1) is 15.1. The summed E-state index contributed by atoms with van der Waals surface area (Å²) in [7, 11) is 1.58. The second kappa shape index (κ2) is 5.76. The topological polar surface area (TPSA) is 51.5 Å². The van der Waals surface area contributed by atoms with E-state index < -0.39 is 0 Å². The molecule has 2 aromatic carbocycles. The predicted molar refractivity (Wildman–Crippen MR) is 86.6 cm³/mol. The standard InChI is InChI=1S/C18H16FNO3/c1-10-8-12(19)4-6-15(10)20-18(21)17-11(2)14-9-13(22-3)5-7-16(14)23-17/h4-9H,1-3H3,(H,20,21). The molecule has 0 fully saturated rings. The number of carbonyl (C=O) groups is 1. The van der Waals surface area contributed by atoms with Gasteiger partial charge in [-0.2, -0.15) is 0 Å². The van der Waals surface area contributed by atoms with Gasteiger partial charge in [0, 0.05) is 16.6 Å². The van der Waals surface area contributed by atoms with Crippen LogP contribution in [0, 0.1) is 19.7 Å². The molecule has 0 atom stereocenters. The Morgan fingerprint density at radius 1 is 1.17 bits per heavy atom. The van der Waals surface area contributed by atoms with Gasteiger partial charge in [0.25, 0.3) is 5.91 Å². The third-order valence-electron chi connectivity index (χ3n) is 3.79. The fourth-order valence-corrected chi connectivity index (χ4v) is 2.49. The van der Waals surface area contributed by atoms with Crippen LogP contribution in [0.25, 0.3) is 11.0 Å². The molecule has 0 unspecified atom stereocenters. The van der Waals surface area contributed by atoms with Crippen molar-refractivity contribution in [3.05, 3.63) is 59.1 Å². The number of nitrogens with one attached hydrogen (secondary N) is 1. The van der Waals surface area contributed by atoms with Crippen molar-refractivity contribution in [3.8, 4) is 5.75 Å². The van der Waals surface area contributed by atoms with Crippen LogP contribution in [0.2, 0.25) is 0 Å². The number of halogens is 1. The number of methoxy groups -OCH3 is 1. The molecule has 3 rings (SSSR count). The highest BCUT2D eigenvalue weighted by molar-refractivity contribution is 6.06. The van der Waals surface area contributed by atoms with Crippen molar-refractivity contribution in [1.29, 1.82) is 0 Å². The molecule has 0 radical (unpaired) electrons. The van der Waals surface area contributed by atoms with Crippen LogP contribution >= 0.6 is 0 Å². The Labute approximate surface area is 132 Å². The molecule has 0 aliphatic carbocycles. The van der Waals surface area contributed by atoms with Gasteiger partial charge in [-0.25, -0.2) is 4.39 Å². The van der Waals surface area contributed by atoms with E-state index >= 15 is 0 Å². The summed E-state index contributed by atoms with van der Waals surface area (Å²) in [6, 6.07) is 9.57. The van der Waals surface area contributed by atoms with Crippen molar-refractivity contribution in [1.82, 2.24) is 0 Å². The molecule has 5 heteroatoms. The molecular formula is C18H16FNO3. The van der Waals surface area contributed by atoms with Crippen LogP contribution in [-0.4, -0.2) is 13.0 Å². The van der Waals surface area contributed by atoms with Crippen molar-refractivity contribution in [2.75, 3.05) is 12.4 Å². The van der Waals surface area contributed by atoms with Gasteiger partial charge in [0.15, 0.2) is 5.76 Å². The maximum absolute atomic E-state index is 13.1. The van der Waals surface area contributed by atoms with Crippen LogP contribution in [0.5, 0.6) is 5.75 Å². The number of rotatable bonds is 3. The summed E-state index contributed by atoms with van der Waals surface area (Å²) in [6.07, 6.45) is 0. The lowest BCUT2D eigenvalue weighted by Gasteiger charge is -2.07. The lowest BCUT2D eigenvalue weighted by Crippen LogP contribution is -2.13. The van der Waals surface area contributed by atoms with Crippen LogP contribution in [0.1, 0.15) is 21.7 Å². The number of hydrogen-bond acceptors (Lipinski definition) is 3. The smallest absolute Gasteiger partial charge is 0.291 e. The largest absolute Gasteiger partial charge is 0.497 e. The molecule has 0 aliphatic heterocycles. The Balaban J connectivity index is 1.96. The van der Waals surface area contributed by atoms with E-state index in [9.17, 15) is 9.18 Å². The summed E-state index contributed by atoms with van der Waals surface area (Å²) in [5.41, 5.74) is 2.54. The maximum Gasteiger partial charge on any atom is 0.291 e. The molecule has 0 aliphatic rings. The van der Waals surface area contributed by atoms with Crippen LogP contribution in [0.4, 0.5) is 10.1 Å². The average molecular weight is 313 g/mol. The number of anilines is 1. The quantitative estimate of drug-likeness (QED) is 0.777. The monoisotopic (exact) mass is 313 g/mol. The molecule has 1 aromatic heterocycles. The normalized spacial score (nSPS) is 10.8. The Bertz CT molecular complexity index is 899. The molecule has 3 aromatic rings. The second-order valence-electron chi connectivity index (χ2n) is 5.33. The van der Waals surface area contributed by atoms with Crippen LogP contribution in [-0.2, 0) is 0 Å².